The molecule has 2 aromatic carbocycles. The summed E-state index contributed by atoms with van der Waals surface area (Å²) in [5.41, 5.74) is 2.32. The molecule has 31 heavy (non-hydrogen) atoms. The number of thioether (sulfide) groups is 1. The predicted molar refractivity (Wildman–Crippen MR) is 124 cm³/mol. The van der Waals surface area contributed by atoms with E-state index < -0.39 is 0 Å². The van der Waals surface area contributed by atoms with Crippen LogP contribution in [0.2, 0.25) is 10.0 Å². The van der Waals surface area contributed by atoms with Crippen molar-refractivity contribution in [3.8, 4) is 0 Å². The minimum atomic E-state index is -0.247. The molecule has 0 aliphatic carbocycles. The van der Waals surface area contributed by atoms with E-state index in [1.807, 2.05) is 42.8 Å². The van der Waals surface area contributed by atoms with E-state index in [0.29, 0.717) is 39.6 Å². The molecule has 0 unspecified atom stereocenters. The Kier molecular flexibility index (Phi) is 7.95. The third-order valence-electron chi connectivity index (χ3n) is 4.41. The molecular weight excluding hydrogens is 457 g/mol. The van der Waals surface area contributed by atoms with Gasteiger partial charge in [-0.05, 0) is 37.3 Å². The number of aromatic nitrogens is 3. The number of amides is 2. The van der Waals surface area contributed by atoms with Gasteiger partial charge in [0, 0.05) is 31.3 Å². The Hall–Kier alpha value is -2.55. The van der Waals surface area contributed by atoms with E-state index in [1.54, 1.807) is 12.1 Å². The second-order valence-corrected chi connectivity index (χ2v) is 8.55. The normalized spacial score (nSPS) is 10.7. The second kappa shape index (κ2) is 10.7. The second-order valence-electron chi connectivity index (χ2n) is 6.80. The van der Waals surface area contributed by atoms with Crippen LogP contribution in [-0.2, 0) is 18.3 Å². The lowest BCUT2D eigenvalue weighted by atomic mass is 10.2. The summed E-state index contributed by atoms with van der Waals surface area (Å²) in [6.45, 7) is 2.37. The zero-order chi connectivity index (χ0) is 22.4. The van der Waals surface area contributed by atoms with Gasteiger partial charge in [0.25, 0.3) is 5.91 Å². The summed E-state index contributed by atoms with van der Waals surface area (Å²) < 4.78 is 1.81. The standard InChI is InChI=1S/C21H21Cl2N5O2S/c1-13-3-6-15(7-4-13)25-19(29)12-31-21-27-26-18(28(21)2)9-10-24-20(30)14-5-8-16(22)17(23)11-14/h3-8,11H,9-10,12H2,1-2H3,(H,24,30)(H,25,29). The first-order valence-electron chi connectivity index (χ1n) is 9.44. The van der Waals surface area contributed by atoms with Crippen LogP contribution < -0.4 is 10.6 Å². The highest BCUT2D eigenvalue weighted by Gasteiger charge is 2.13. The maximum Gasteiger partial charge on any atom is 0.251 e. The molecule has 3 rings (SSSR count). The number of rotatable bonds is 8. The monoisotopic (exact) mass is 477 g/mol. The third kappa shape index (κ3) is 6.46. The van der Waals surface area contributed by atoms with Gasteiger partial charge < -0.3 is 15.2 Å². The van der Waals surface area contributed by atoms with Crippen molar-refractivity contribution in [1.82, 2.24) is 20.1 Å². The van der Waals surface area contributed by atoms with Gasteiger partial charge in [-0.2, -0.15) is 0 Å². The van der Waals surface area contributed by atoms with Crippen molar-refractivity contribution in [2.45, 2.75) is 18.5 Å². The maximum atomic E-state index is 12.2. The fraction of sp³-hybridized carbons (Fsp3) is 0.238. The van der Waals surface area contributed by atoms with Crippen molar-refractivity contribution < 1.29 is 9.59 Å². The van der Waals surface area contributed by atoms with E-state index in [9.17, 15) is 9.59 Å². The van der Waals surface area contributed by atoms with E-state index in [2.05, 4.69) is 20.8 Å². The number of aryl methyl sites for hydroxylation is 1. The molecule has 2 N–H and O–H groups in total. The molecule has 0 aliphatic rings. The van der Waals surface area contributed by atoms with Crippen LogP contribution in [-0.4, -0.2) is 38.9 Å². The first kappa shape index (κ1) is 23.1. The summed E-state index contributed by atoms with van der Waals surface area (Å²) in [5.74, 6) is 0.555. The molecule has 0 atom stereocenters. The fourth-order valence-corrected chi connectivity index (χ4v) is 3.71. The van der Waals surface area contributed by atoms with Crippen molar-refractivity contribution in [2.24, 2.45) is 7.05 Å². The van der Waals surface area contributed by atoms with Gasteiger partial charge in [-0.15, -0.1) is 10.2 Å². The van der Waals surface area contributed by atoms with Gasteiger partial charge in [0.1, 0.15) is 5.82 Å². The van der Waals surface area contributed by atoms with Crippen molar-refractivity contribution >= 4 is 52.5 Å². The summed E-state index contributed by atoms with van der Waals surface area (Å²) in [5, 5.41) is 15.3. The van der Waals surface area contributed by atoms with E-state index in [-0.39, 0.29) is 17.6 Å². The first-order chi connectivity index (χ1) is 14.8. The highest BCUT2D eigenvalue weighted by Crippen LogP contribution is 2.22. The van der Waals surface area contributed by atoms with Gasteiger partial charge in [0.05, 0.1) is 15.8 Å². The lowest BCUT2D eigenvalue weighted by Crippen LogP contribution is -2.26. The SMILES string of the molecule is Cc1ccc(NC(=O)CSc2nnc(CCNC(=O)c3ccc(Cl)c(Cl)c3)n2C)cc1. The van der Waals surface area contributed by atoms with Gasteiger partial charge in [-0.1, -0.05) is 52.7 Å². The number of hydrogen-bond acceptors (Lipinski definition) is 5. The highest BCUT2D eigenvalue weighted by molar-refractivity contribution is 7.99. The molecule has 0 spiro atoms. The van der Waals surface area contributed by atoms with Gasteiger partial charge >= 0.3 is 0 Å². The average Bonchev–Trinajstić information content (AvgIpc) is 3.09. The van der Waals surface area contributed by atoms with Gasteiger partial charge in [0.15, 0.2) is 5.16 Å². The minimum absolute atomic E-state index is 0.118. The largest absolute Gasteiger partial charge is 0.352 e. The van der Waals surface area contributed by atoms with Crippen LogP contribution in [0.1, 0.15) is 21.7 Å². The van der Waals surface area contributed by atoms with E-state index in [0.717, 1.165) is 11.3 Å². The molecule has 1 heterocycles. The first-order valence-corrected chi connectivity index (χ1v) is 11.2. The van der Waals surface area contributed by atoms with Crippen molar-refractivity contribution in [3.05, 3.63) is 69.5 Å². The smallest absolute Gasteiger partial charge is 0.251 e. The Morgan fingerprint density at radius 2 is 1.81 bits per heavy atom. The minimum Gasteiger partial charge on any atom is -0.352 e. The zero-order valence-corrected chi connectivity index (χ0v) is 19.3. The Bertz CT molecular complexity index is 1090. The van der Waals surface area contributed by atoms with Crippen LogP contribution in [0.5, 0.6) is 0 Å². The van der Waals surface area contributed by atoms with Gasteiger partial charge in [0.2, 0.25) is 5.91 Å². The third-order valence-corrected chi connectivity index (χ3v) is 6.17. The summed E-state index contributed by atoms with van der Waals surface area (Å²) in [6, 6.07) is 12.3. The predicted octanol–water partition coefficient (Wildman–Crippen LogP) is 4.13. The summed E-state index contributed by atoms with van der Waals surface area (Å²) in [6.07, 6.45) is 0.493. The number of anilines is 1. The van der Waals surface area contributed by atoms with Crippen molar-refractivity contribution in [1.29, 1.82) is 0 Å². The number of carbonyl (C=O) groups excluding carboxylic acids is 2. The molecule has 3 aromatic rings. The quantitative estimate of drug-likeness (QED) is 0.476. The highest BCUT2D eigenvalue weighted by atomic mass is 35.5. The van der Waals surface area contributed by atoms with Crippen LogP contribution >= 0.6 is 35.0 Å². The number of carbonyl (C=O) groups is 2. The molecule has 0 saturated carbocycles. The van der Waals surface area contributed by atoms with Crippen molar-refractivity contribution in [2.75, 3.05) is 17.6 Å². The molecule has 2 amide bonds. The van der Waals surface area contributed by atoms with Crippen LogP contribution in [0.25, 0.3) is 0 Å². The lowest BCUT2D eigenvalue weighted by Gasteiger charge is -2.07. The lowest BCUT2D eigenvalue weighted by molar-refractivity contribution is -0.113. The van der Waals surface area contributed by atoms with Gasteiger partial charge in [-0.3, -0.25) is 9.59 Å². The molecule has 7 nitrogen and oxygen atoms in total. The topological polar surface area (TPSA) is 88.9 Å². The van der Waals surface area contributed by atoms with Crippen LogP contribution in [0, 0.1) is 6.92 Å². The summed E-state index contributed by atoms with van der Waals surface area (Å²) in [7, 11) is 1.83. The molecule has 162 valence electrons. The van der Waals surface area contributed by atoms with E-state index >= 15 is 0 Å². The molecule has 0 saturated heterocycles. The number of halogens is 2. The zero-order valence-electron chi connectivity index (χ0n) is 17.0. The number of nitrogens with one attached hydrogen (secondary N) is 2. The molecule has 0 bridgehead atoms. The Morgan fingerprint density at radius 3 is 2.52 bits per heavy atom. The van der Waals surface area contributed by atoms with E-state index in [1.165, 1.54) is 17.8 Å². The number of benzene rings is 2. The molecule has 10 heteroatoms. The Morgan fingerprint density at radius 1 is 1.06 bits per heavy atom. The maximum absolute atomic E-state index is 12.2. The average molecular weight is 478 g/mol. The number of hydrogen-bond donors (Lipinski definition) is 2. The Labute approximate surface area is 194 Å². The van der Waals surface area contributed by atoms with Crippen LogP contribution in [0.4, 0.5) is 5.69 Å². The molecule has 0 aliphatic heterocycles. The van der Waals surface area contributed by atoms with Crippen LogP contribution in [0.15, 0.2) is 47.6 Å². The van der Waals surface area contributed by atoms with Crippen molar-refractivity contribution in [3.63, 3.8) is 0 Å². The van der Waals surface area contributed by atoms with Crippen LogP contribution in [0.3, 0.4) is 0 Å². The molecule has 0 radical (unpaired) electrons. The van der Waals surface area contributed by atoms with Gasteiger partial charge in [-0.25, -0.2) is 0 Å². The molecular formula is C21H21Cl2N5O2S. The van der Waals surface area contributed by atoms with E-state index in [4.69, 9.17) is 23.2 Å². The number of nitrogens with zero attached hydrogens (tertiary/aromatic N) is 3. The molecule has 0 fully saturated rings. The Balaban J connectivity index is 1.47. The summed E-state index contributed by atoms with van der Waals surface area (Å²) >= 11 is 13.1. The summed E-state index contributed by atoms with van der Waals surface area (Å²) in [4.78, 5) is 24.4. The molecule has 1 aromatic heterocycles. The fourth-order valence-electron chi connectivity index (χ4n) is 2.68.